The minimum atomic E-state index is -0.128. The number of hydrogen-bond donors (Lipinski definition) is 2. The molecule has 1 aromatic heterocycles. The highest BCUT2D eigenvalue weighted by Crippen LogP contribution is 2.36. The average molecular weight is 282 g/mol. The van der Waals surface area contributed by atoms with Crippen molar-refractivity contribution in [2.24, 2.45) is 5.41 Å². The molecule has 1 fully saturated rings. The number of halogens is 1. The van der Waals surface area contributed by atoms with E-state index in [0.717, 1.165) is 0 Å². The van der Waals surface area contributed by atoms with Gasteiger partial charge in [0, 0.05) is 19.8 Å². The van der Waals surface area contributed by atoms with E-state index in [1.54, 1.807) is 13.1 Å². The van der Waals surface area contributed by atoms with Crippen LogP contribution in [0.25, 0.3) is 0 Å². The molecule has 0 aromatic carbocycles. The van der Waals surface area contributed by atoms with Crippen molar-refractivity contribution < 1.29 is 4.79 Å². The number of rotatable bonds is 4. The molecule has 2 N–H and O–H groups in total. The van der Waals surface area contributed by atoms with E-state index in [4.69, 9.17) is 11.6 Å². The van der Waals surface area contributed by atoms with Gasteiger partial charge in [-0.1, -0.05) is 31.4 Å². The van der Waals surface area contributed by atoms with Crippen molar-refractivity contribution in [3.63, 3.8) is 0 Å². The first-order chi connectivity index (χ1) is 9.04. The first-order valence-electron chi connectivity index (χ1n) is 6.66. The minimum absolute atomic E-state index is 0.128. The molecule has 1 amide bonds. The fraction of sp³-hybridized carbons (Fsp3) is 0.571. The van der Waals surface area contributed by atoms with Crippen LogP contribution in [-0.4, -0.2) is 24.5 Å². The van der Waals surface area contributed by atoms with Crippen LogP contribution in [0.3, 0.4) is 0 Å². The number of hydrogen-bond acceptors (Lipinski definition) is 3. The second kappa shape index (κ2) is 5.78. The predicted molar refractivity (Wildman–Crippen MR) is 77.7 cm³/mol. The Morgan fingerprint density at radius 1 is 1.47 bits per heavy atom. The van der Waals surface area contributed by atoms with Gasteiger partial charge in [-0.25, -0.2) is 4.98 Å². The second-order valence-corrected chi connectivity index (χ2v) is 5.91. The number of nitrogens with zero attached hydrogens (tertiary/aromatic N) is 1. The Hall–Kier alpha value is -1.29. The summed E-state index contributed by atoms with van der Waals surface area (Å²) < 4.78 is 0. The summed E-state index contributed by atoms with van der Waals surface area (Å²) in [5, 5.41) is 6.28. The summed E-state index contributed by atoms with van der Waals surface area (Å²) in [6, 6.07) is 1.68. The summed E-state index contributed by atoms with van der Waals surface area (Å²) in [6.07, 6.45) is 6.37. The molecule has 1 aliphatic carbocycles. The van der Waals surface area contributed by atoms with E-state index < -0.39 is 0 Å². The van der Waals surface area contributed by atoms with Crippen molar-refractivity contribution >= 4 is 23.3 Å². The van der Waals surface area contributed by atoms with Gasteiger partial charge in [-0.3, -0.25) is 4.79 Å². The number of aromatic nitrogens is 1. The first kappa shape index (κ1) is 14.1. The van der Waals surface area contributed by atoms with Crippen LogP contribution in [0.1, 0.15) is 43.0 Å². The zero-order chi connectivity index (χ0) is 13.9. The number of carbonyl (C=O) groups is 1. The van der Waals surface area contributed by atoms with Crippen LogP contribution in [0, 0.1) is 5.41 Å². The SMILES string of the molecule is CNc1cc(C(=O)NCC2(C)CCCC2)c(Cl)cn1. The Labute approximate surface area is 118 Å². The molecule has 0 spiro atoms. The second-order valence-electron chi connectivity index (χ2n) is 5.50. The molecule has 0 radical (unpaired) electrons. The maximum Gasteiger partial charge on any atom is 0.253 e. The highest BCUT2D eigenvalue weighted by atomic mass is 35.5. The molecular weight excluding hydrogens is 262 g/mol. The zero-order valence-electron chi connectivity index (χ0n) is 11.4. The van der Waals surface area contributed by atoms with Crippen LogP contribution in [0.15, 0.2) is 12.3 Å². The number of anilines is 1. The quantitative estimate of drug-likeness (QED) is 0.892. The molecule has 1 aromatic rings. The standard InChI is InChI=1S/C14H20ClN3O/c1-14(5-3-4-6-14)9-18-13(19)10-7-12(16-2)17-8-11(10)15/h7-8H,3-6,9H2,1-2H3,(H,16,17)(H,18,19). The molecule has 4 nitrogen and oxygen atoms in total. The van der Waals surface area contributed by atoms with Gasteiger partial charge in [0.25, 0.3) is 5.91 Å². The molecule has 2 rings (SSSR count). The van der Waals surface area contributed by atoms with Crippen LogP contribution in [0.2, 0.25) is 5.02 Å². The average Bonchev–Trinajstić information content (AvgIpc) is 2.84. The summed E-state index contributed by atoms with van der Waals surface area (Å²) in [7, 11) is 1.76. The van der Waals surface area contributed by atoms with E-state index in [2.05, 4.69) is 22.5 Å². The van der Waals surface area contributed by atoms with E-state index in [9.17, 15) is 4.79 Å². The Balaban J connectivity index is 2.03. The zero-order valence-corrected chi connectivity index (χ0v) is 12.2. The maximum absolute atomic E-state index is 12.2. The van der Waals surface area contributed by atoms with Crippen molar-refractivity contribution in [2.45, 2.75) is 32.6 Å². The molecule has 104 valence electrons. The fourth-order valence-corrected chi connectivity index (χ4v) is 2.73. The van der Waals surface area contributed by atoms with Crippen LogP contribution in [0.4, 0.5) is 5.82 Å². The van der Waals surface area contributed by atoms with E-state index in [1.165, 1.54) is 31.9 Å². The van der Waals surface area contributed by atoms with E-state index in [0.29, 0.717) is 22.9 Å². The Bertz CT molecular complexity index is 470. The van der Waals surface area contributed by atoms with E-state index in [1.807, 2.05) is 0 Å². The fourth-order valence-electron chi connectivity index (χ4n) is 2.54. The van der Waals surface area contributed by atoms with Gasteiger partial charge in [0.1, 0.15) is 5.82 Å². The lowest BCUT2D eigenvalue weighted by atomic mass is 9.89. The Morgan fingerprint density at radius 3 is 2.79 bits per heavy atom. The topological polar surface area (TPSA) is 54.0 Å². The molecule has 0 saturated heterocycles. The first-order valence-corrected chi connectivity index (χ1v) is 7.03. The van der Waals surface area contributed by atoms with Gasteiger partial charge in [-0.15, -0.1) is 0 Å². The van der Waals surface area contributed by atoms with Crippen molar-refractivity contribution in [2.75, 3.05) is 18.9 Å². The molecular formula is C14H20ClN3O. The predicted octanol–water partition coefficient (Wildman–Crippen LogP) is 3.09. The number of carbonyl (C=O) groups excluding carboxylic acids is 1. The third-order valence-corrected chi connectivity index (χ3v) is 4.14. The smallest absolute Gasteiger partial charge is 0.253 e. The lowest BCUT2D eigenvalue weighted by molar-refractivity contribution is 0.0934. The van der Waals surface area contributed by atoms with Crippen LogP contribution in [0.5, 0.6) is 0 Å². The van der Waals surface area contributed by atoms with Gasteiger partial charge in [0.05, 0.1) is 10.6 Å². The largest absolute Gasteiger partial charge is 0.373 e. The number of nitrogens with one attached hydrogen (secondary N) is 2. The van der Waals surface area contributed by atoms with Crippen LogP contribution >= 0.6 is 11.6 Å². The van der Waals surface area contributed by atoms with Crippen molar-refractivity contribution in [3.05, 3.63) is 22.8 Å². The summed E-state index contributed by atoms with van der Waals surface area (Å²) in [5.74, 6) is 0.513. The molecule has 0 bridgehead atoms. The van der Waals surface area contributed by atoms with Gasteiger partial charge >= 0.3 is 0 Å². The van der Waals surface area contributed by atoms with Crippen molar-refractivity contribution in [1.29, 1.82) is 0 Å². The highest BCUT2D eigenvalue weighted by Gasteiger charge is 2.29. The Kier molecular flexibility index (Phi) is 4.30. The molecule has 1 saturated carbocycles. The molecule has 19 heavy (non-hydrogen) atoms. The highest BCUT2D eigenvalue weighted by molar-refractivity contribution is 6.33. The summed E-state index contributed by atoms with van der Waals surface area (Å²) in [5.41, 5.74) is 0.712. The molecule has 1 heterocycles. The maximum atomic E-state index is 12.2. The van der Waals surface area contributed by atoms with E-state index >= 15 is 0 Å². The van der Waals surface area contributed by atoms with Crippen molar-refractivity contribution in [1.82, 2.24) is 10.3 Å². The summed E-state index contributed by atoms with van der Waals surface area (Å²) in [4.78, 5) is 16.2. The van der Waals surface area contributed by atoms with Gasteiger partial charge < -0.3 is 10.6 Å². The molecule has 0 atom stereocenters. The lowest BCUT2D eigenvalue weighted by Crippen LogP contribution is -2.34. The minimum Gasteiger partial charge on any atom is -0.373 e. The number of pyridine rings is 1. The monoisotopic (exact) mass is 281 g/mol. The number of amides is 1. The lowest BCUT2D eigenvalue weighted by Gasteiger charge is -2.23. The van der Waals surface area contributed by atoms with Crippen LogP contribution < -0.4 is 10.6 Å². The van der Waals surface area contributed by atoms with Crippen molar-refractivity contribution in [3.8, 4) is 0 Å². The van der Waals surface area contributed by atoms with Gasteiger partial charge in [0.15, 0.2) is 0 Å². The normalized spacial score (nSPS) is 17.2. The molecule has 1 aliphatic rings. The van der Waals surface area contributed by atoms with Gasteiger partial charge in [0.2, 0.25) is 0 Å². The third kappa shape index (κ3) is 3.38. The van der Waals surface area contributed by atoms with Crippen LogP contribution in [-0.2, 0) is 0 Å². The Morgan fingerprint density at radius 2 is 2.16 bits per heavy atom. The third-order valence-electron chi connectivity index (χ3n) is 3.84. The summed E-state index contributed by atoms with van der Waals surface area (Å²) in [6.45, 7) is 2.94. The molecule has 0 unspecified atom stereocenters. The molecule has 5 heteroatoms. The van der Waals surface area contributed by atoms with E-state index in [-0.39, 0.29) is 11.3 Å². The van der Waals surface area contributed by atoms with Gasteiger partial charge in [-0.2, -0.15) is 0 Å². The summed E-state index contributed by atoms with van der Waals surface area (Å²) >= 11 is 6.03. The van der Waals surface area contributed by atoms with Gasteiger partial charge in [-0.05, 0) is 24.3 Å². The molecule has 0 aliphatic heterocycles.